The molecule has 0 aliphatic heterocycles. The standard InChI is InChI=1S/C12H8F4N2O2/c1-2-8-6(11(19)20)3-5-4-7(13)9(12(14,15)16)18-10(5)17-8/h3-4H,2H2,1H3,(H,19,20). The van der Waals surface area contributed by atoms with Crippen molar-refractivity contribution in [2.45, 2.75) is 19.5 Å². The van der Waals surface area contributed by atoms with Crippen molar-refractivity contribution in [3.05, 3.63) is 34.9 Å². The summed E-state index contributed by atoms with van der Waals surface area (Å²) in [5.41, 5.74) is -2.08. The van der Waals surface area contributed by atoms with Crippen molar-refractivity contribution < 1.29 is 27.5 Å². The van der Waals surface area contributed by atoms with Crippen molar-refractivity contribution in [3.8, 4) is 0 Å². The van der Waals surface area contributed by atoms with E-state index < -0.39 is 23.7 Å². The summed E-state index contributed by atoms with van der Waals surface area (Å²) in [7, 11) is 0. The third-order valence-electron chi connectivity index (χ3n) is 2.67. The van der Waals surface area contributed by atoms with Gasteiger partial charge >= 0.3 is 12.1 Å². The van der Waals surface area contributed by atoms with E-state index in [0.29, 0.717) is 6.07 Å². The summed E-state index contributed by atoms with van der Waals surface area (Å²) in [6.07, 6.45) is -4.73. The van der Waals surface area contributed by atoms with E-state index >= 15 is 0 Å². The smallest absolute Gasteiger partial charge is 0.436 e. The molecule has 0 radical (unpaired) electrons. The molecule has 0 aliphatic rings. The fraction of sp³-hybridized carbons (Fsp3) is 0.250. The first-order valence-electron chi connectivity index (χ1n) is 5.54. The topological polar surface area (TPSA) is 63.1 Å². The summed E-state index contributed by atoms with van der Waals surface area (Å²) in [5, 5.41) is 8.88. The summed E-state index contributed by atoms with van der Waals surface area (Å²) in [5.74, 6) is -2.84. The zero-order chi connectivity index (χ0) is 15.1. The summed E-state index contributed by atoms with van der Waals surface area (Å²) < 4.78 is 51.0. The summed E-state index contributed by atoms with van der Waals surface area (Å²) in [6, 6.07) is 1.66. The molecule has 2 aromatic rings. The molecule has 2 rings (SSSR count). The average Bonchev–Trinajstić information content (AvgIpc) is 2.34. The minimum atomic E-state index is -4.93. The minimum absolute atomic E-state index is 0.0925. The maximum absolute atomic E-state index is 13.4. The van der Waals surface area contributed by atoms with Gasteiger partial charge in [0.15, 0.2) is 17.2 Å². The highest BCUT2D eigenvalue weighted by molar-refractivity contribution is 5.93. The Morgan fingerprint density at radius 3 is 2.45 bits per heavy atom. The normalized spacial score (nSPS) is 11.8. The van der Waals surface area contributed by atoms with Gasteiger partial charge in [0.1, 0.15) is 0 Å². The monoisotopic (exact) mass is 288 g/mol. The van der Waals surface area contributed by atoms with Crippen molar-refractivity contribution in [2.24, 2.45) is 0 Å². The fourth-order valence-electron chi connectivity index (χ4n) is 1.77. The third-order valence-corrected chi connectivity index (χ3v) is 2.67. The first kappa shape index (κ1) is 14.2. The molecule has 0 aliphatic carbocycles. The number of carbonyl (C=O) groups is 1. The highest BCUT2D eigenvalue weighted by Gasteiger charge is 2.36. The highest BCUT2D eigenvalue weighted by atomic mass is 19.4. The number of hydrogen-bond acceptors (Lipinski definition) is 3. The Hall–Kier alpha value is -2.25. The van der Waals surface area contributed by atoms with E-state index in [1.54, 1.807) is 6.92 Å². The fourth-order valence-corrected chi connectivity index (χ4v) is 1.77. The number of pyridine rings is 2. The van der Waals surface area contributed by atoms with Crippen molar-refractivity contribution in [1.29, 1.82) is 0 Å². The SMILES string of the molecule is CCc1nc2nc(C(F)(F)F)c(F)cc2cc1C(=O)O. The summed E-state index contributed by atoms with van der Waals surface area (Å²) in [4.78, 5) is 17.9. The first-order chi connectivity index (χ1) is 9.24. The maximum atomic E-state index is 13.4. The van der Waals surface area contributed by atoms with Crippen LogP contribution in [0.4, 0.5) is 17.6 Å². The van der Waals surface area contributed by atoms with Crippen LogP contribution in [-0.2, 0) is 12.6 Å². The number of halogens is 4. The molecule has 0 saturated carbocycles. The second-order valence-corrected chi connectivity index (χ2v) is 4.00. The van der Waals surface area contributed by atoms with E-state index in [1.807, 2.05) is 0 Å². The van der Waals surface area contributed by atoms with Crippen LogP contribution >= 0.6 is 0 Å². The summed E-state index contributed by atoms with van der Waals surface area (Å²) in [6.45, 7) is 1.61. The van der Waals surface area contributed by atoms with E-state index in [1.165, 1.54) is 0 Å². The largest absolute Gasteiger partial charge is 0.478 e. The molecular weight excluding hydrogens is 280 g/mol. The van der Waals surface area contributed by atoms with E-state index in [9.17, 15) is 22.4 Å². The van der Waals surface area contributed by atoms with Gasteiger partial charge in [0.05, 0.1) is 11.3 Å². The van der Waals surface area contributed by atoms with E-state index in [-0.39, 0.29) is 28.7 Å². The van der Waals surface area contributed by atoms with Crippen molar-refractivity contribution in [1.82, 2.24) is 9.97 Å². The van der Waals surface area contributed by atoms with Gasteiger partial charge in [-0.05, 0) is 18.6 Å². The van der Waals surface area contributed by atoms with Crippen molar-refractivity contribution >= 4 is 17.0 Å². The lowest BCUT2D eigenvalue weighted by atomic mass is 10.1. The molecule has 0 bridgehead atoms. The number of rotatable bonds is 2. The molecule has 8 heteroatoms. The van der Waals surface area contributed by atoms with Gasteiger partial charge in [-0.2, -0.15) is 13.2 Å². The maximum Gasteiger partial charge on any atom is 0.436 e. The van der Waals surface area contributed by atoms with Crippen LogP contribution in [0.5, 0.6) is 0 Å². The predicted octanol–water partition coefficient (Wildman–Crippen LogP) is 3.05. The van der Waals surface area contributed by atoms with Crippen LogP contribution in [0, 0.1) is 5.82 Å². The van der Waals surface area contributed by atoms with Gasteiger partial charge in [-0.3, -0.25) is 0 Å². The molecule has 0 atom stereocenters. The molecule has 106 valence electrons. The van der Waals surface area contributed by atoms with Gasteiger partial charge in [-0.15, -0.1) is 0 Å². The molecule has 20 heavy (non-hydrogen) atoms. The number of alkyl halides is 3. The molecule has 2 aromatic heterocycles. The lowest BCUT2D eigenvalue weighted by Crippen LogP contribution is -2.12. The number of hydrogen-bond donors (Lipinski definition) is 1. The van der Waals surface area contributed by atoms with Crippen LogP contribution in [-0.4, -0.2) is 21.0 Å². The van der Waals surface area contributed by atoms with Crippen molar-refractivity contribution in [2.75, 3.05) is 0 Å². The van der Waals surface area contributed by atoms with E-state index in [4.69, 9.17) is 5.11 Å². The molecule has 1 N–H and O–H groups in total. The second-order valence-electron chi connectivity index (χ2n) is 4.00. The molecule has 0 spiro atoms. The molecule has 0 amide bonds. The predicted molar refractivity (Wildman–Crippen MR) is 60.8 cm³/mol. The van der Waals surface area contributed by atoms with Gasteiger partial charge in [-0.1, -0.05) is 6.92 Å². The van der Waals surface area contributed by atoms with Crippen LogP contribution in [0.2, 0.25) is 0 Å². The van der Waals surface area contributed by atoms with Gasteiger partial charge in [0, 0.05) is 5.39 Å². The van der Waals surface area contributed by atoms with Gasteiger partial charge in [0.25, 0.3) is 0 Å². The van der Waals surface area contributed by atoms with Gasteiger partial charge in [-0.25, -0.2) is 19.2 Å². The molecule has 2 heterocycles. The molecule has 0 fully saturated rings. The van der Waals surface area contributed by atoms with Crippen LogP contribution < -0.4 is 0 Å². The minimum Gasteiger partial charge on any atom is -0.478 e. The number of aromatic carboxylic acids is 1. The summed E-state index contributed by atoms with van der Waals surface area (Å²) >= 11 is 0. The Kier molecular flexibility index (Phi) is 3.33. The lowest BCUT2D eigenvalue weighted by Gasteiger charge is -2.10. The van der Waals surface area contributed by atoms with E-state index in [2.05, 4.69) is 9.97 Å². The van der Waals surface area contributed by atoms with Crippen LogP contribution in [0.3, 0.4) is 0 Å². The van der Waals surface area contributed by atoms with Crippen molar-refractivity contribution in [3.63, 3.8) is 0 Å². The molecule has 0 aromatic carbocycles. The molecule has 0 unspecified atom stereocenters. The van der Waals surface area contributed by atoms with Gasteiger partial charge < -0.3 is 5.11 Å². The number of fused-ring (bicyclic) bond motifs is 1. The van der Waals surface area contributed by atoms with Crippen LogP contribution in [0.1, 0.15) is 28.7 Å². The molecule has 4 nitrogen and oxygen atoms in total. The third kappa shape index (κ3) is 2.40. The first-order valence-corrected chi connectivity index (χ1v) is 5.54. The average molecular weight is 288 g/mol. The second kappa shape index (κ2) is 4.69. The lowest BCUT2D eigenvalue weighted by molar-refractivity contribution is -0.143. The Bertz CT molecular complexity index is 698. The Labute approximate surface area is 110 Å². The molecule has 0 saturated heterocycles. The number of aryl methyl sites for hydroxylation is 1. The quantitative estimate of drug-likeness (QED) is 0.863. The number of aromatic nitrogens is 2. The Morgan fingerprint density at radius 1 is 1.30 bits per heavy atom. The number of nitrogens with zero attached hydrogens (tertiary/aromatic N) is 2. The Balaban J connectivity index is 2.77. The highest BCUT2D eigenvalue weighted by Crippen LogP contribution is 2.31. The van der Waals surface area contributed by atoms with Crippen LogP contribution in [0.25, 0.3) is 11.0 Å². The van der Waals surface area contributed by atoms with Crippen LogP contribution in [0.15, 0.2) is 12.1 Å². The molecular formula is C12H8F4N2O2. The number of carboxylic acids is 1. The zero-order valence-electron chi connectivity index (χ0n) is 10.1. The Morgan fingerprint density at radius 2 is 1.95 bits per heavy atom. The van der Waals surface area contributed by atoms with E-state index in [0.717, 1.165) is 6.07 Å². The van der Waals surface area contributed by atoms with Gasteiger partial charge in [0.2, 0.25) is 0 Å². The zero-order valence-corrected chi connectivity index (χ0v) is 10.1. The number of carboxylic acid groups (broad SMARTS) is 1.